The van der Waals surface area contributed by atoms with Crippen molar-refractivity contribution in [3.05, 3.63) is 70.6 Å². The minimum atomic E-state index is -0.0261. The van der Waals surface area contributed by atoms with Crippen molar-refractivity contribution in [2.45, 2.75) is 49.6 Å². The van der Waals surface area contributed by atoms with Crippen LogP contribution in [0, 0.1) is 0 Å². The summed E-state index contributed by atoms with van der Waals surface area (Å²) in [7, 11) is 0. The van der Waals surface area contributed by atoms with E-state index >= 15 is 0 Å². The van der Waals surface area contributed by atoms with Crippen molar-refractivity contribution in [1.82, 2.24) is 15.1 Å². The summed E-state index contributed by atoms with van der Waals surface area (Å²) in [5.74, 6) is 0.726. The second kappa shape index (κ2) is 9.27. The number of rotatable bonds is 7. The highest BCUT2D eigenvalue weighted by Crippen LogP contribution is 2.28. The van der Waals surface area contributed by atoms with E-state index in [1.165, 1.54) is 0 Å². The largest absolute Gasteiger partial charge is 0.350 e. The van der Waals surface area contributed by atoms with Gasteiger partial charge in [-0.1, -0.05) is 49.2 Å². The third kappa shape index (κ3) is 4.70. The SMILES string of the molecule is O=C(CCSc1ccccc1)NCc1nn(C2CCCC2)c(=O)c2ccccc12. The van der Waals surface area contributed by atoms with Crippen molar-refractivity contribution in [3.63, 3.8) is 0 Å². The van der Waals surface area contributed by atoms with Crippen LogP contribution in [-0.2, 0) is 11.3 Å². The number of hydrogen-bond donors (Lipinski definition) is 1. The molecular formula is C23H25N3O2S. The zero-order valence-electron chi connectivity index (χ0n) is 16.3. The molecule has 1 amide bonds. The van der Waals surface area contributed by atoms with Gasteiger partial charge in [-0.2, -0.15) is 5.10 Å². The van der Waals surface area contributed by atoms with Crippen LogP contribution in [0.2, 0.25) is 0 Å². The monoisotopic (exact) mass is 407 g/mol. The summed E-state index contributed by atoms with van der Waals surface area (Å²) in [6.45, 7) is 0.336. The summed E-state index contributed by atoms with van der Waals surface area (Å²) in [6, 6.07) is 17.8. The maximum atomic E-state index is 12.9. The summed E-state index contributed by atoms with van der Waals surface area (Å²) in [4.78, 5) is 26.4. The number of benzene rings is 2. The number of carbonyl (C=O) groups excluding carboxylic acids is 1. The van der Waals surface area contributed by atoms with Crippen molar-refractivity contribution in [2.75, 3.05) is 5.75 Å². The molecule has 0 spiro atoms. The number of nitrogens with one attached hydrogen (secondary N) is 1. The molecule has 1 aliphatic carbocycles. The molecule has 0 aliphatic heterocycles. The number of hydrogen-bond acceptors (Lipinski definition) is 4. The van der Waals surface area contributed by atoms with Crippen molar-refractivity contribution in [1.29, 1.82) is 0 Å². The van der Waals surface area contributed by atoms with Crippen LogP contribution in [0.5, 0.6) is 0 Å². The van der Waals surface area contributed by atoms with Crippen LogP contribution in [0.25, 0.3) is 10.8 Å². The number of amides is 1. The number of fused-ring (bicyclic) bond motifs is 1. The maximum absolute atomic E-state index is 12.9. The molecular weight excluding hydrogens is 382 g/mol. The second-order valence-electron chi connectivity index (χ2n) is 7.37. The smallest absolute Gasteiger partial charge is 0.274 e. The Kier molecular flexibility index (Phi) is 6.30. The predicted octanol–water partition coefficient (Wildman–Crippen LogP) is 4.31. The van der Waals surface area contributed by atoms with E-state index in [4.69, 9.17) is 0 Å². The molecule has 0 radical (unpaired) electrons. The molecule has 5 nitrogen and oxygen atoms in total. The first kappa shape index (κ1) is 19.7. The van der Waals surface area contributed by atoms with E-state index in [9.17, 15) is 9.59 Å². The molecule has 4 rings (SSSR count). The lowest BCUT2D eigenvalue weighted by Crippen LogP contribution is -2.30. The van der Waals surface area contributed by atoms with Crippen molar-refractivity contribution in [3.8, 4) is 0 Å². The van der Waals surface area contributed by atoms with Gasteiger partial charge in [0.2, 0.25) is 5.91 Å². The summed E-state index contributed by atoms with van der Waals surface area (Å²) < 4.78 is 1.65. The number of nitrogens with zero attached hydrogens (tertiary/aromatic N) is 2. The normalized spacial score (nSPS) is 14.3. The zero-order chi connectivity index (χ0) is 20.1. The van der Waals surface area contributed by atoms with E-state index in [1.807, 2.05) is 54.6 Å². The summed E-state index contributed by atoms with van der Waals surface area (Å²) >= 11 is 1.67. The summed E-state index contributed by atoms with van der Waals surface area (Å²) in [5.41, 5.74) is 0.734. The molecule has 1 saturated carbocycles. The van der Waals surface area contributed by atoms with Gasteiger partial charge in [-0.05, 0) is 31.0 Å². The van der Waals surface area contributed by atoms with E-state index in [2.05, 4.69) is 10.4 Å². The fourth-order valence-electron chi connectivity index (χ4n) is 3.85. The van der Waals surface area contributed by atoms with E-state index in [0.717, 1.165) is 47.4 Å². The average Bonchev–Trinajstić information content (AvgIpc) is 3.29. The van der Waals surface area contributed by atoms with Gasteiger partial charge in [-0.25, -0.2) is 4.68 Å². The molecule has 3 aromatic rings. The molecule has 1 aliphatic rings. The van der Waals surface area contributed by atoms with Crippen LogP contribution >= 0.6 is 11.8 Å². The lowest BCUT2D eigenvalue weighted by Gasteiger charge is -2.16. The van der Waals surface area contributed by atoms with Crippen molar-refractivity contribution < 1.29 is 4.79 Å². The van der Waals surface area contributed by atoms with Crippen LogP contribution in [0.15, 0.2) is 64.3 Å². The Hall–Kier alpha value is -2.60. The van der Waals surface area contributed by atoms with Gasteiger partial charge in [-0.15, -0.1) is 11.8 Å². The minimum Gasteiger partial charge on any atom is -0.350 e. The summed E-state index contributed by atoms with van der Waals surface area (Å²) in [6.07, 6.45) is 4.70. The molecule has 1 aromatic heterocycles. The third-order valence-corrected chi connectivity index (χ3v) is 6.38. The Morgan fingerprint density at radius 3 is 2.48 bits per heavy atom. The lowest BCUT2D eigenvalue weighted by molar-refractivity contribution is -0.120. The van der Waals surface area contributed by atoms with Gasteiger partial charge in [-0.3, -0.25) is 9.59 Å². The van der Waals surface area contributed by atoms with Gasteiger partial charge in [0.1, 0.15) is 0 Å². The Morgan fingerprint density at radius 2 is 1.72 bits per heavy atom. The quantitative estimate of drug-likeness (QED) is 0.593. The van der Waals surface area contributed by atoms with Gasteiger partial charge in [0.25, 0.3) is 5.56 Å². The van der Waals surface area contributed by atoms with Crippen LogP contribution < -0.4 is 10.9 Å². The van der Waals surface area contributed by atoms with Crippen molar-refractivity contribution in [2.24, 2.45) is 0 Å². The van der Waals surface area contributed by atoms with Gasteiger partial charge < -0.3 is 5.32 Å². The Bertz CT molecular complexity index is 1040. The molecule has 2 aromatic carbocycles. The van der Waals surface area contributed by atoms with Crippen LogP contribution in [-0.4, -0.2) is 21.4 Å². The molecule has 1 fully saturated rings. The molecule has 6 heteroatoms. The first-order valence-corrected chi connectivity index (χ1v) is 11.2. The molecule has 29 heavy (non-hydrogen) atoms. The Morgan fingerprint density at radius 1 is 1.03 bits per heavy atom. The van der Waals surface area contributed by atoms with Gasteiger partial charge >= 0.3 is 0 Å². The van der Waals surface area contributed by atoms with Crippen LogP contribution in [0.3, 0.4) is 0 Å². The highest BCUT2D eigenvalue weighted by molar-refractivity contribution is 7.99. The molecule has 0 bridgehead atoms. The molecule has 0 saturated heterocycles. The minimum absolute atomic E-state index is 0.00192. The first-order chi connectivity index (χ1) is 14.2. The topological polar surface area (TPSA) is 64.0 Å². The number of carbonyl (C=O) groups is 1. The third-order valence-electron chi connectivity index (χ3n) is 5.37. The highest BCUT2D eigenvalue weighted by atomic mass is 32.2. The number of thioether (sulfide) groups is 1. The van der Waals surface area contributed by atoms with Gasteiger partial charge in [0.05, 0.1) is 23.7 Å². The van der Waals surface area contributed by atoms with E-state index in [-0.39, 0.29) is 17.5 Å². The Labute approximate surface area is 174 Å². The lowest BCUT2D eigenvalue weighted by atomic mass is 10.1. The fourth-order valence-corrected chi connectivity index (χ4v) is 4.72. The van der Waals surface area contributed by atoms with Gasteiger partial charge in [0, 0.05) is 22.5 Å². The second-order valence-corrected chi connectivity index (χ2v) is 8.54. The molecule has 0 atom stereocenters. The van der Waals surface area contributed by atoms with E-state index < -0.39 is 0 Å². The van der Waals surface area contributed by atoms with Crippen LogP contribution in [0.1, 0.15) is 43.8 Å². The number of aromatic nitrogens is 2. The standard InChI is InChI=1S/C23H25N3O2S/c27-22(14-15-29-18-10-2-1-3-11-18)24-16-21-19-12-6-7-13-20(19)23(28)26(25-21)17-8-4-5-9-17/h1-3,6-7,10-13,17H,4-5,8-9,14-16H2,(H,24,27). The first-order valence-electron chi connectivity index (χ1n) is 10.2. The zero-order valence-corrected chi connectivity index (χ0v) is 17.2. The highest BCUT2D eigenvalue weighted by Gasteiger charge is 2.21. The average molecular weight is 408 g/mol. The van der Waals surface area contributed by atoms with E-state index in [0.29, 0.717) is 18.4 Å². The van der Waals surface area contributed by atoms with E-state index in [1.54, 1.807) is 16.4 Å². The predicted molar refractivity (Wildman–Crippen MR) is 117 cm³/mol. The summed E-state index contributed by atoms with van der Waals surface area (Å²) in [5, 5.41) is 9.15. The molecule has 1 N–H and O–H groups in total. The maximum Gasteiger partial charge on any atom is 0.274 e. The van der Waals surface area contributed by atoms with Crippen molar-refractivity contribution >= 4 is 28.4 Å². The molecule has 150 valence electrons. The molecule has 0 unspecified atom stereocenters. The fraction of sp³-hybridized carbons (Fsp3) is 0.348. The Balaban J connectivity index is 1.45. The van der Waals surface area contributed by atoms with Gasteiger partial charge in [0.15, 0.2) is 0 Å². The molecule has 1 heterocycles. The van der Waals surface area contributed by atoms with Crippen LogP contribution in [0.4, 0.5) is 0 Å².